The van der Waals surface area contributed by atoms with E-state index >= 15 is 0 Å². The number of hydrogen-bond acceptors (Lipinski definition) is 4. The number of nitrogens with two attached hydrogens (primary N) is 1. The fourth-order valence-electron chi connectivity index (χ4n) is 3.16. The third-order valence-corrected chi connectivity index (χ3v) is 5.58. The Hall–Kier alpha value is -2.48. The van der Waals surface area contributed by atoms with Crippen molar-refractivity contribution in [3.05, 3.63) is 64.5 Å². The molecule has 3 rings (SSSR count). The Kier molecular flexibility index (Phi) is 7.95. The topological polar surface area (TPSA) is 67.5 Å². The maximum Gasteiger partial charge on any atom is 0.255 e. The number of nitrogens with one attached hydrogen (secondary N) is 1. The largest absolute Gasteiger partial charge is 0.379 e. The van der Waals surface area contributed by atoms with Crippen molar-refractivity contribution in [3.8, 4) is 0 Å². The van der Waals surface area contributed by atoms with E-state index in [0.29, 0.717) is 17.2 Å². The van der Waals surface area contributed by atoms with Gasteiger partial charge in [-0.3, -0.25) is 9.79 Å². The number of amides is 1. The van der Waals surface area contributed by atoms with Crippen molar-refractivity contribution in [3.63, 3.8) is 0 Å². The highest BCUT2D eigenvalue weighted by atomic mass is 32.2. The van der Waals surface area contributed by atoms with Crippen LogP contribution in [-0.4, -0.2) is 22.4 Å². The molecule has 0 radical (unpaired) electrons. The molecule has 0 saturated carbocycles. The van der Waals surface area contributed by atoms with Crippen LogP contribution in [0.1, 0.15) is 48.7 Å². The number of thioether (sulfide) groups is 1. The van der Waals surface area contributed by atoms with E-state index in [2.05, 4.69) is 10.3 Å². The van der Waals surface area contributed by atoms with Crippen molar-refractivity contribution in [2.75, 3.05) is 11.1 Å². The highest BCUT2D eigenvalue weighted by Crippen LogP contribution is 2.32. The first-order valence-corrected chi connectivity index (χ1v) is 10.7. The van der Waals surface area contributed by atoms with Crippen molar-refractivity contribution in [1.29, 1.82) is 0 Å². The molecule has 0 bridgehead atoms. The maximum atomic E-state index is 14.4. The first kappa shape index (κ1) is 23.8. The quantitative estimate of drug-likeness (QED) is 0.669. The summed E-state index contributed by atoms with van der Waals surface area (Å²) in [6.07, 6.45) is 1.36. The van der Waals surface area contributed by atoms with Gasteiger partial charge in [0.2, 0.25) is 0 Å². The van der Waals surface area contributed by atoms with Gasteiger partial charge in [0.25, 0.3) is 5.91 Å². The molecule has 162 valence electrons. The zero-order valence-corrected chi connectivity index (χ0v) is 18.3. The van der Waals surface area contributed by atoms with Crippen molar-refractivity contribution < 1.29 is 18.0 Å². The van der Waals surface area contributed by atoms with Gasteiger partial charge in [0.05, 0.1) is 11.2 Å². The molecular weight excluding hydrogens is 411 g/mol. The van der Waals surface area contributed by atoms with Crippen LogP contribution in [0.4, 0.5) is 18.9 Å². The summed E-state index contributed by atoms with van der Waals surface area (Å²) in [6.45, 7) is 7.69. The predicted molar refractivity (Wildman–Crippen MR) is 118 cm³/mol. The van der Waals surface area contributed by atoms with Crippen molar-refractivity contribution in [1.82, 2.24) is 0 Å². The molecule has 1 atom stereocenters. The second-order valence-corrected chi connectivity index (χ2v) is 8.13. The third kappa shape index (κ3) is 5.56. The molecule has 1 amide bonds. The lowest BCUT2D eigenvalue weighted by Crippen LogP contribution is -2.33. The van der Waals surface area contributed by atoms with E-state index in [4.69, 9.17) is 5.73 Å². The zero-order chi connectivity index (χ0) is 22.5. The second kappa shape index (κ2) is 10.0. The van der Waals surface area contributed by atoms with Crippen molar-refractivity contribution in [2.45, 2.75) is 46.1 Å². The number of amidine groups is 1. The van der Waals surface area contributed by atoms with E-state index in [1.54, 1.807) is 13.0 Å². The minimum Gasteiger partial charge on any atom is -0.379 e. The Morgan fingerprint density at radius 1 is 1.17 bits per heavy atom. The molecule has 0 aromatic heterocycles. The first-order chi connectivity index (χ1) is 14.2. The van der Waals surface area contributed by atoms with E-state index in [1.165, 1.54) is 17.8 Å². The smallest absolute Gasteiger partial charge is 0.255 e. The summed E-state index contributed by atoms with van der Waals surface area (Å²) in [7, 11) is 0. The Bertz CT molecular complexity index is 965. The minimum absolute atomic E-state index is 0.0120. The number of rotatable bonds is 4. The molecule has 2 aromatic rings. The summed E-state index contributed by atoms with van der Waals surface area (Å²) >= 11 is 1.50. The first-order valence-electron chi connectivity index (χ1n) is 9.71. The summed E-state index contributed by atoms with van der Waals surface area (Å²) in [5.41, 5.74) is 6.74. The molecule has 0 spiro atoms. The van der Waals surface area contributed by atoms with Crippen LogP contribution < -0.4 is 11.1 Å². The number of benzene rings is 2. The Morgan fingerprint density at radius 2 is 1.83 bits per heavy atom. The van der Waals surface area contributed by atoms with Crippen LogP contribution in [0.2, 0.25) is 0 Å². The van der Waals surface area contributed by atoms with Gasteiger partial charge >= 0.3 is 0 Å². The summed E-state index contributed by atoms with van der Waals surface area (Å²) in [5.74, 6) is -2.67. The van der Waals surface area contributed by atoms with Gasteiger partial charge in [-0.15, -0.1) is 0 Å². The normalized spacial score (nSPS) is 18.2. The highest BCUT2D eigenvalue weighted by Gasteiger charge is 2.29. The Balaban J connectivity index is 0.00000155. The number of hydrogen-bond donors (Lipinski definition) is 2. The monoisotopic (exact) mass is 437 g/mol. The molecule has 3 N–H and O–H groups in total. The van der Waals surface area contributed by atoms with Crippen LogP contribution in [0.25, 0.3) is 0 Å². The van der Waals surface area contributed by atoms with E-state index in [9.17, 15) is 18.0 Å². The van der Waals surface area contributed by atoms with Gasteiger partial charge in [0.15, 0.2) is 16.8 Å². The maximum absolute atomic E-state index is 14.4. The van der Waals surface area contributed by atoms with E-state index < -0.39 is 28.9 Å². The lowest BCUT2D eigenvalue weighted by atomic mass is 9.88. The fraction of sp³-hybridized carbons (Fsp3) is 0.364. The number of halogens is 3. The Labute approximate surface area is 179 Å². The molecule has 4 nitrogen and oxygen atoms in total. The molecule has 1 aliphatic rings. The van der Waals surface area contributed by atoms with Gasteiger partial charge in [-0.05, 0) is 62.1 Å². The molecule has 0 aliphatic carbocycles. The van der Waals surface area contributed by atoms with Gasteiger partial charge in [0, 0.05) is 11.3 Å². The predicted octanol–water partition coefficient (Wildman–Crippen LogP) is 5.44. The zero-order valence-electron chi connectivity index (χ0n) is 17.5. The molecule has 1 unspecified atom stereocenters. The number of carbonyl (C=O) groups is 1. The number of nitrogens with zero attached hydrogens (tertiary/aromatic N) is 1. The van der Waals surface area contributed by atoms with Crippen LogP contribution in [0, 0.1) is 24.4 Å². The standard InChI is InChI=1S/C20H20F3N3OS.C2H6/c1-11-13(10-20(2)7-8-28-19(24)26-20)4-6-15(22)17(11)25-18(27)12-3-5-14(21)16(23)9-12;1-2/h3-6,9H,7-8,10H2,1-2H3,(H2,24,26)(H,25,27);1-2H3. The molecular formula is C22H26F3N3OS. The lowest BCUT2D eigenvalue weighted by Gasteiger charge is -2.30. The van der Waals surface area contributed by atoms with E-state index in [1.807, 2.05) is 20.8 Å². The molecule has 1 aliphatic heterocycles. The van der Waals surface area contributed by atoms with E-state index in [-0.39, 0.29) is 11.3 Å². The molecule has 2 aromatic carbocycles. The molecule has 8 heteroatoms. The summed E-state index contributed by atoms with van der Waals surface area (Å²) in [5, 5.41) is 3.00. The number of anilines is 1. The fourth-order valence-corrected chi connectivity index (χ4v) is 4.19. The molecule has 0 saturated heterocycles. The van der Waals surface area contributed by atoms with Gasteiger partial charge in [-0.1, -0.05) is 31.7 Å². The van der Waals surface area contributed by atoms with Crippen LogP contribution >= 0.6 is 11.8 Å². The van der Waals surface area contributed by atoms with Crippen LogP contribution in [0.15, 0.2) is 35.3 Å². The van der Waals surface area contributed by atoms with Crippen LogP contribution in [-0.2, 0) is 6.42 Å². The SMILES string of the molecule is CC.Cc1c(CC2(C)CCSC(N)=N2)ccc(F)c1NC(=O)c1ccc(F)c(F)c1. The third-order valence-electron chi connectivity index (χ3n) is 4.79. The average molecular weight is 438 g/mol. The number of carbonyl (C=O) groups excluding carboxylic acids is 1. The summed E-state index contributed by atoms with van der Waals surface area (Å²) < 4.78 is 40.8. The second-order valence-electron chi connectivity index (χ2n) is 7.01. The average Bonchev–Trinajstić information content (AvgIpc) is 2.70. The Morgan fingerprint density at radius 3 is 2.47 bits per heavy atom. The lowest BCUT2D eigenvalue weighted by molar-refractivity contribution is 0.102. The summed E-state index contributed by atoms with van der Waals surface area (Å²) in [6, 6.07) is 5.71. The van der Waals surface area contributed by atoms with Gasteiger partial charge in [-0.25, -0.2) is 13.2 Å². The van der Waals surface area contributed by atoms with Crippen molar-refractivity contribution >= 4 is 28.5 Å². The van der Waals surface area contributed by atoms with E-state index in [0.717, 1.165) is 35.9 Å². The van der Waals surface area contributed by atoms with Gasteiger partial charge in [0.1, 0.15) is 5.82 Å². The van der Waals surface area contributed by atoms with Gasteiger partial charge in [-0.2, -0.15) is 0 Å². The van der Waals surface area contributed by atoms with Gasteiger partial charge < -0.3 is 11.1 Å². The number of aliphatic imine (C=N–C) groups is 1. The molecule has 30 heavy (non-hydrogen) atoms. The van der Waals surface area contributed by atoms with Crippen LogP contribution in [0.5, 0.6) is 0 Å². The van der Waals surface area contributed by atoms with Crippen LogP contribution in [0.3, 0.4) is 0 Å². The molecule has 1 heterocycles. The summed E-state index contributed by atoms with van der Waals surface area (Å²) in [4.78, 5) is 16.9. The van der Waals surface area contributed by atoms with Crippen molar-refractivity contribution in [2.24, 2.45) is 10.7 Å². The minimum atomic E-state index is -1.14. The molecule has 0 fully saturated rings. The highest BCUT2D eigenvalue weighted by molar-refractivity contribution is 8.13.